The third-order valence-corrected chi connectivity index (χ3v) is 3.13. The van der Waals surface area contributed by atoms with E-state index in [1.165, 1.54) is 0 Å². The molecule has 0 aliphatic carbocycles. The van der Waals surface area contributed by atoms with Gasteiger partial charge in [-0.1, -0.05) is 13.8 Å². The lowest BCUT2D eigenvalue weighted by Crippen LogP contribution is -2.35. The van der Waals surface area contributed by atoms with Crippen molar-refractivity contribution in [3.63, 3.8) is 0 Å². The summed E-state index contributed by atoms with van der Waals surface area (Å²) in [7, 11) is 1.82. The zero-order chi connectivity index (χ0) is 13.5. The second kappa shape index (κ2) is 6.99. The molecule has 0 spiro atoms. The van der Waals surface area contributed by atoms with Crippen molar-refractivity contribution >= 4 is 11.6 Å². The molecule has 0 saturated heterocycles. The Hall–Kier alpha value is -1.58. The average Bonchev–Trinajstić information content (AvgIpc) is 2.42. The molecule has 1 heterocycles. The van der Waals surface area contributed by atoms with E-state index in [4.69, 9.17) is 0 Å². The summed E-state index contributed by atoms with van der Waals surface area (Å²) in [5, 5.41) is 3.26. The van der Waals surface area contributed by atoms with Crippen LogP contribution in [0.4, 0.5) is 5.69 Å². The van der Waals surface area contributed by atoms with Crippen LogP contribution in [-0.4, -0.2) is 35.4 Å². The lowest BCUT2D eigenvalue weighted by atomic mass is 10.2. The number of rotatable bonds is 6. The molecular formula is C14H23N3O. The Bertz CT molecular complexity index is 392. The number of carbonyl (C=O) groups is 1. The zero-order valence-corrected chi connectivity index (χ0v) is 11.7. The normalized spacial score (nSPS) is 12.0. The molecule has 0 bridgehead atoms. The van der Waals surface area contributed by atoms with E-state index in [9.17, 15) is 4.79 Å². The minimum atomic E-state index is -0.0236. The highest BCUT2D eigenvalue weighted by atomic mass is 16.2. The third kappa shape index (κ3) is 3.72. The minimum absolute atomic E-state index is 0.0236. The van der Waals surface area contributed by atoms with Gasteiger partial charge in [-0.05, 0) is 31.9 Å². The lowest BCUT2D eigenvalue weighted by Gasteiger charge is -2.23. The van der Waals surface area contributed by atoms with E-state index in [0.29, 0.717) is 5.69 Å². The van der Waals surface area contributed by atoms with Crippen molar-refractivity contribution in [1.82, 2.24) is 9.88 Å². The first-order valence-electron chi connectivity index (χ1n) is 6.57. The Balaban J connectivity index is 2.79. The predicted octanol–water partition coefficient (Wildman–Crippen LogP) is 2.77. The van der Waals surface area contributed by atoms with Crippen LogP contribution in [0.1, 0.15) is 44.1 Å². The van der Waals surface area contributed by atoms with Crippen LogP contribution in [-0.2, 0) is 0 Å². The Morgan fingerprint density at radius 2 is 2.22 bits per heavy atom. The molecule has 0 aliphatic rings. The standard InChI is InChI=1S/C14H23N3O/c1-5-8-15-12-7-9-16-13(10-12)14(18)17(4)11(3)6-2/h7,9-11H,5-6,8H2,1-4H3,(H,15,16). The molecule has 0 aliphatic heterocycles. The van der Waals surface area contributed by atoms with Gasteiger partial charge < -0.3 is 10.2 Å². The average molecular weight is 249 g/mol. The molecule has 1 aromatic heterocycles. The summed E-state index contributed by atoms with van der Waals surface area (Å²) in [5.74, 6) is -0.0236. The van der Waals surface area contributed by atoms with Gasteiger partial charge in [0.05, 0.1) is 0 Å². The number of hydrogen-bond acceptors (Lipinski definition) is 3. The molecule has 0 fully saturated rings. The Morgan fingerprint density at radius 3 is 2.83 bits per heavy atom. The summed E-state index contributed by atoms with van der Waals surface area (Å²) in [6.45, 7) is 7.12. The summed E-state index contributed by atoms with van der Waals surface area (Å²) in [6, 6.07) is 3.93. The van der Waals surface area contributed by atoms with Gasteiger partial charge in [0.1, 0.15) is 5.69 Å². The van der Waals surface area contributed by atoms with E-state index in [-0.39, 0.29) is 11.9 Å². The SMILES string of the molecule is CCCNc1ccnc(C(=O)N(C)C(C)CC)c1. The third-order valence-electron chi connectivity index (χ3n) is 3.13. The maximum atomic E-state index is 12.2. The number of pyridine rings is 1. The van der Waals surface area contributed by atoms with Crippen LogP contribution in [0.5, 0.6) is 0 Å². The number of carbonyl (C=O) groups excluding carboxylic acids is 1. The van der Waals surface area contributed by atoms with Gasteiger partial charge in [0, 0.05) is 31.5 Å². The van der Waals surface area contributed by atoms with Crippen molar-refractivity contribution in [3.05, 3.63) is 24.0 Å². The molecule has 1 atom stereocenters. The van der Waals surface area contributed by atoms with Gasteiger partial charge in [-0.3, -0.25) is 9.78 Å². The van der Waals surface area contributed by atoms with Crippen LogP contribution in [0, 0.1) is 0 Å². The van der Waals surface area contributed by atoms with Crippen molar-refractivity contribution in [2.75, 3.05) is 18.9 Å². The Kier molecular flexibility index (Phi) is 5.62. The van der Waals surface area contributed by atoms with E-state index in [1.54, 1.807) is 11.1 Å². The summed E-state index contributed by atoms with van der Waals surface area (Å²) >= 11 is 0. The molecule has 4 nitrogen and oxygen atoms in total. The number of aromatic nitrogens is 1. The van der Waals surface area contributed by atoms with Crippen molar-refractivity contribution in [3.8, 4) is 0 Å². The van der Waals surface area contributed by atoms with E-state index >= 15 is 0 Å². The van der Waals surface area contributed by atoms with Crippen LogP contribution in [0.3, 0.4) is 0 Å². The van der Waals surface area contributed by atoms with Crippen LogP contribution in [0.2, 0.25) is 0 Å². The van der Waals surface area contributed by atoms with Crippen LogP contribution in [0.25, 0.3) is 0 Å². The van der Waals surface area contributed by atoms with E-state index < -0.39 is 0 Å². The quantitative estimate of drug-likeness (QED) is 0.843. The Labute approximate surface area is 109 Å². The van der Waals surface area contributed by atoms with Gasteiger partial charge in [-0.2, -0.15) is 0 Å². The summed E-state index contributed by atoms with van der Waals surface area (Å²) in [5.41, 5.74) is 1.45. The number of nitrogens with zero attached hydrogens (tertiary/aromatic N) is 2. The van der Waals surface area contributed by atoms with Crippen molar-refractivity contribution in [1.29, 1.82) is 0 Å². The van der Waals surface area contributed by atoms with Gasteiger partial charge in [0.2, 0.25) is 0 Å². The molecule has 0 aromatic carbocycles. The molecule has 1 amide bonds. The largest absolute Gasteiger partial charge is 0.385 e. The molecule has 0 radical (unpaired) electrons. The molecule has 4 heteroatoms. The summed E-state index contributed by atoms with van der Waals surface area (Å²) in [6.07, 6.45) is 3.67. The van der Waals surface area contributed by atoms with Crippen molar-refractivity contribution in [2.24, 2.45) is 0 Å². The summed E-state index contributed by atoms with van der Waals surface area (Å²) in [4.78, 5) is 18.1. The molecule has 100 valence electrons. The number of amides is 1. The van der Waals surface area contributed by atoms with Crippen molar-refractivity contribution < 1.29 is 4.79 Å². The maximum Gasteiger partial charge on any atom is 0.272 e. The fourth-order valence-corrected chi connectivity index (χ4v) is 1.58. The fourth-order valence-electron chi connectivity index (χ4n) is 1.58. The van der Waals surface area contributed by atoms with E-state index in [0.717, 1.165) is 25.1 Å². The monoisotopic (exact) mass is 249 g/mol. The molecule has 18 heavy (non-hydrogen) atoms. The first-order chi connectivity index (χ1) is 8.60. The predicted molar refractivity (Wildman–Crippen MR) is 74.9 cm³/mol. The van der Waals surface area contributed by atoms with E-state index in [2.05, 4.69) is 24.1 Å². The molecular weight excluding hydrogens is 226 g/mol. The first kappa shape index (κ1) is 14.5. The zero-order valence-electron chi connectivity index (χ0n) is 11.7. The van der Waals surface area contributed by atoms with Gasteiger partial charge in [-0.15, -0.1) is 0 Å². The second-order valence-electron chi connectivity index (χ2n) is 4.53. The van der Waals surface area contributed by atoms with Crippen molar-refractivity contribution in [2.45, 2.75) is 39.7 Å². The molecule has 1 rings (SSSR count). The smallest absolute Gasteiger partial charge is 0.272 e. The lowest BCUT2D eigenvalue weighted by molar-refractivity contribution is 0.0734. The number of hydrogen-bond donors (Lipinski definition) is 1. The Morgan fingerprint density at radius 1 is 1.50 bits per heavy atom. The van der Waals surface area contributed by atoms with Crippen LogP contribution in [0.15, 0.2) is 18.3 Å². The minimum Gasteiger partial charge on any atom is -0.385 e. The maximum absolute atomic E-state index is 12.2. The summed E-state index contributed by atoms with van der Waals surface area (Å²) < 4.78 is 0. The fraction of sp³-hybridized carbons (Fsp3) is 0.571. The highest BCUT2D eigenvalue weighted by molar-refractivity contribution is 5.93. The topological polar surface area (TPSA) is 45.2 Å². The van der Waals surface area contributed by atoms with Crippen LogP contribution < -0.4 is 5.32 Å². The number of nitrogens with one attached hydrogen (secondary N) is 1. The van der Waals surface area contributed by atoms with Gasteiger partial charge >= 0.3 is 0 Å². The van der Waals surface area contributed by atoms with Crippen LogP contribution >= 0.6 is 0 Å². The number of anilines is 1. The molecule has 0 saturated carbocycles. The molecule has 1 aromatic rings. The molecule has 1 N–H and O–H groups in total. The highest BCUT2D eigenvalue weighted by Gasteiger charge is 2.17. The second-order valence-corrected chi connectivity index (χ2v) is 4.53. The molecule has 1 unspecified atom stereocenters. The van der Waals surface area contributed by atoms with Gasteiger partial charge in [-0.25, -0.2) is 0 Å². The van der Waals surface area contributed by atoms with Gasteiger partial charge in [0.15, 0.2) is 0 Å². The van der Waals surface area contributed by atoms with E-state index in [1.807, 2.05) is 26.1 Å². The first-order valence-corrected chi connectivity index (χ1v) is 6.57. The van der Waals surface area contributed by atoms with Gasteiger partial charge in [0.25, 0.3) is 5.91 Å². The highest BCUT2D eigenvalue weighted by Crippen LogP contribution is 2.11.